The Balaban J connectivity index is 2.13. The summed E-state index contributed by atoms with van der Waals surface area (Å²) in [6.07, 6.45) is 4.07. The molecule has 0 heterocycles. The van der Waals surface area contributed by atoms with E-state index in [0.717, 1.165) is 25.3 Å². The summed E-state index contributed by atoms with van der Waals surface area (Å²) in [5, 5.41) is 21.7. The van der Waals surface area contributed by atoms with Gasteiger partial charge in [0, 0.05) is 5.56 Å². The molecule has 1 aromatic carbocycles. The maximum absolute atomic E-state index is 14.2. The van der Waals surface area contributed by atoms with Gasteiger partial charge in [-0.05, 0) is 64.4 Å². The number of hydrogen-bond donors (Lipinski definition) is 6. The lowest BCUT2D eigenvalue weighted by Crippen LogP contribution is -2.58. The van der Waals surface area contributed by atoms with Gasteiger partial charge < -0.3 is 36.4 Å². The Morgan fingerprint density at radius 1 is 0.900 bits per heavy atom. The van der Waals surface area contributed by atoms with Crippen molar-refractivity contribution in [2.24, 2.45) is 11.8 Å². The van der Waals surface area contributed by atoms with Crippen molar-refractivity contribution in [1.29, 1.82) is 0 Å². The van der Waals surface area contributed by atoms with E-state index in [9.17, 15) is 43.1 Å². The van der Waals surface area contributed by atoms with Gasteiger partial charge >= 0.3 is 12.1 Å². The Kier molecular flexibility index (Phi) is 16.3. The number of carboxylic acids is 1. The van der Waals surface area contributed by atoms with E-state index >= 15 is 0 Å². The quantitative estimate of drug-likeness (QED) is 0.131. The largest absolute Gasteiger partial charge is 0.479 e. The number of rotatable bonds is 17. The first-order valence-corrected chi connectivity index (χ1v) is 17.1. The molecule has 1 saturated carbocycles. The van der Waals surface area contributed by atoms with Crippen LogP contribution in [0, 0.1) is 17.7 Å². The Hall–Kier alpha value is -4.56. The number of carbonyl (C=O) groups excluding carboxylic acids is 6. The number of Topliss-reactive ketones (excluding diaryl/α,β-unsaturated/α-hetero) is 1. The summed E-state index contributed by atoms with van der Waals surface area (Å²) in [7, 11) is 0. The van der Waals surface area contributed by atoms with Crippen molar-refractivity contribution in [3.8, 4) is 0 Å². The highest BCUT2D eigenvalue weighted by Crippen LogP contribution is 2.27. The lowest BCUT2D eigenvalue weighted by atomic mass is 9.83. The number of aliphatic carboxylic acids is 1. The van der Waals surface area contributed by atoms with Crippen LogP contribution in [-0.2, 0) is 33.5 Å². The third-order valence-corrected chi connectivity index (χ3v) is 8.03. The van der Waals surface area contributed by atoms with E-state index in [4.69, 9.17) is 4.74 Å². The molecule has 0 aliphatic heterocycles. The summed E-state index contributed by atoms with van der Waals surface area (Å²) < 4.78 is 19.5. The molecule has 5 amide bonds. The lowest BCUT2D eigenvalue weighted by Gasteiger charge is -2.32. The molecule has 0 radical (unpaired) electrons. The molecule has 2 rings (SSSR count). The summed E-state index contributed by atoms with van der Waals surface area (Å²) in [4.78, 5) is 90.0. The molecule has 1 fully saturated rings. The minimum Gasteiger partial charge on any atom is -0.479 e. The molecule has 50 heavy (non-hydrogen) atoms. The van der Waals surface area contributed by atoms with Crippen molar-refractivity contribution in [3.63, 3.8) is 0 Å². The van der Waals surface area contributed by atoms with Gasteiger partial charge in [-0.1, -0.05) is 64.7 Å². The van der Waals surface area contributed by atoms with Gasteiger partial charge in [0.15, 0.2) is 6.04 Å². The molecule has 1 aliphatic rings. The number of alkyl carbamates (subject to hydrolysis) is 1. The number of ketones is 1. The summed E-state index contributed by atoms with van der Waals surface area (Å²) in [6.45, 7) is 9.74. The van der Waals surface area contributed by atoms with Gasteiger partial charge in [0.25, 0.3) is 5.91 Å². The molecule has 4 atom stereocenters. The minimum absolute atomic E-state index is 0.0613. The standard InChI is InChI=1S/C35H52FN5O9/c1-7-13-24(29(43)32(46)37-19-26(42)40-28(33(47)48)22-16-11-12-17-23(22)36)38-30(44)25(18-20(2)3)39-31(45)27(21-14-9-8-10-15-21)41-34(49)50-35(4,5)6/h11-12,16-17,20-21,24-25,27-28H,7-10,13-15,18-19H2,1-6H3,(H,37,46)(H,38,44)(H,39,45)(H,40,42)(H,41,49)(H,47,48)/t24?,25-,27-,28+/m0/s1. The first-order chi connectivity index (χ1) is 23.4. The molecule has 15 heteroatoms. The van der Waals surface area contributed by atoms with Crippen LogP contribution in [0.3, 0.4) is 0 Å². The number of amides is 5. The lowest BCUT2D eigenvalue weighted by molar-refractivity contribution is -0.142. The molecule has 0 bridgehead atoms. The summed E-state index contributed by atoms with van der Waals surface area (Å²) in [5.74, 6) is -7.17. The molecule has 0 saturated heterocycles. The van der Waals surface area contributed by atoms with E-state index in [1.54, 1.807) is 27.7 Å². The Labute approximate surface area is 292 Å². The Morgan fingerprint density at radius 2 is 1.52 bits per heavy atom. The average molecular weight is 706 g/mol. The van der Waals surface area contributed by atoms with Gasteiger partial charge in [-0.15, -0.1) is 0 Å². The van der Waals surface area contributed by atoms with E-state index in [1.807, 2.05) is 13.8 Å². The molecular formula is C35H52FN5O9. The van der Waals surface area contributed by atoms with E-state index in [1.165, 1.54) is 18.2 Å². The number of hydrogen-bond acceptors (Lipinski definition) is 8. The zero-order valence-corrected chi connectivity index (χ0v) is 29.7. The van der Waals surface area contributed by atoms with Crippen LogP contribution in [0.5, 0.6) is 0 Å². The number of carbonyl (C=O) groups is 7. The first-order valence-electron chi connectivity index (χ1n) is 17.1. The number of carboxylic acid groups (broad SMARTS) is 1. The number of ether oxygens (including phenoxy) is 1. The van der Waals surface area contributed by atoms with Crippen LogP contribution in [0.2, 0.25) is 0 Å². The fourth-order valence-corrected chi connectivity index (χ4v) is 5.69. The van der Waals surface area contributed by atoms with E-state index in [-0.39, 0.29) is 30.2 Å². The second kappa shape index (κ2) is 19.6. The van der Waals surface area contributed by atoms with Crippen molar-refractivity contribution < 1.29 is 47.8 Å². The number of benzene rings is 1. The maximum Gasteiger partial charge on any atom is 0.408 e. The van der Waals surface area contributed by atoms with Gasteiger partial charge in [-0.2, -0.15) is 0 Å². The van der Waals surface area contributed by atoms with Gasteiger partial charge in [-0.3, -0.25) is 24.0 Å². The van der Waals surface area contributed by atoms with Crippen LogP contribution in [-0.4, -0.2) is 76.9 Å². The maximum atomic E-state index is 14.2. The molecule has 14 nitrogen and oxygen atoms in total. The molecule has 278 valence electrons. The third-order valence-electron chi connectivity index (χ3n) is 8.03. The van der Waals surface area contributed by atoms with Gasteiger partial charge in [0.05, 0.1) is 12.6 Å². The monoisotopic (exact) mass is 705 g/mol. The van der Waals surface area contributed by atoms with E-state index in [0.29, 0.717) is 19.3 Å². The fraction of sp³-hybridized carbons (Fsp3) is 0.629. The topological polar surface area (TPSA) is 209 Å². The Bertz CT molecular complexity index is 1370. The molecule has 1 unspecified atom stereocenters. The molecule has 1 aromatic rings. The van der Waals surface area contributed by atoms with E-state index in [2.05, 4.69) is 26.6 Å². The van der Waals surface area contributed by atoms with Crippen molar-refractivity contribution in [1.82, 2.24) is 26.6 Å². The molecule has 0 aromatic heterocycles. The normalized spacial score (nSPS) is 15.8. The van der Waals surface area contributed by atoms with Crippen LogP contribution in [0.1, 0.15) is 105 Å². The zero-order chi connectivity index (χ0) is 37.6. The summed E-state index contributed by atoms with van der Waals surface area (Å²) in [6, 6.07) is -0.137. The van der Waals surface area contributed by atoms with Crippen molar-refractivity contribution in [3.05, 3.63) is 35.6 Å². The van der Waals surface area contributed by atoms with Crippen LogP contribution in [0.4, 0.5) is 9.18 Å². The Morgan fingerprint density at radius 3 is 2.08 bits per heavy atom. The molecule has 0 spiro atoms. The SMILES string of the molecule is CCCC(NC(=O)[C@H](CC(C)C)NC(=O)[C@@H](NC(=O)OC(C)(C)C)C1CCCCC1)C(=O)C(=O)NCC(=O)N[C@@H](C(=O)O)c1ccccc1F. The average Bonchev–Trinajstić information content (AvgIpc) is 3.03. The van der Waals surface area contributed by atoms with Gasteiger partial charge in [-0.25, -0.2) is 14.0 Å². The highest BCUT2D eigenvalue weighted by Gasteiger charge is 2.36. The molecule has 6 N–H and O–H groups in total. The predicted octanol–water partition coefficient (Wildman–Crippen LogP) is 3.04. The highest BCUT2D eigenvalue weighted by molar-refractivity contribution is 6.38. The fourth-order valence-electron chi connectivity index (χ4n) is 5.69. The van der Waals surface area contributed by atoms with Crippen LogP contribution in [0.15, 0.2) is 24.3 Å². The highest BCUT2D eigenvalue weighted by atomic mass is 19.1. The smallest absolute Gasteiger partial charge is 0.408 e. The van der Waals surface area contributed by atoms with Crippen LogP contribution >= 0.6 is 0 Å². The zero-order valence-electron chi connectivity index (χ0n) is 29.7. The second-order valence-corrected chi connectivity index (χ2v) is 14.0. The first kappa shape index (κ1) is 41.6. The van der Waals surface area contributed by atoms with Gasteiger partial charge in [0.1, 0.15) is 23.5 Å². The van der Waals surface area contributed by atoms with Gasteiger partial charge in [0.2, 0.25) is 23.5 Å². The molecular weight excluding hydrogens is 653 g/mol. The summed E-state index contributed by atoms with van der Waals surface area (Å²) >= 11 is 0. The predicted molar refractivity (Wildman–Crippen MR) is 181 cm³/mol. The second-order valence-electron chi connectivity index (χ2n) is 14.0. The molecule has 1 aliphatic carbocycles. The van der Waals surface area contributed by atoms with Crippen LogP contribution in [0.25, 0.3) is 0 Å². The van der Waals surface area contributed by atoms with Crippen molar-refractivity contribution in [2.75, 3.05) is 6.54 Å². The van der Waals surface area contributed by atoms with Crippen molar-refractivity contribution >= 4 is 41.5 Å². The summed E-state index contributed by atoms with van der Waals surface area (Å²) in [5.41, 5.74) is -1.09. The van der Waals surface area contributed by atoms with Crippen LogP contribution < -0.4 is 26.6 Å². The number of nitrogens with one attached hydrogen (secondary N) is 5. The van der Waals surface area contributed by atoms with Crippen molar-refractivity contribution in [2.45, 2.75) is 123 Å². The number of halogens is 1. The van der Waals surface area contributed by atoms with E-state index < -0.39 is 83.6 Å². The third kappa shape index (κ3) is 13.7. The minimum atomic E-state index is -1.74.